The molecule has 2 heterocycles. The summed E-state index contributed by atoms with van der Waals surface area (Å²) >= 11 is 0. The minimum Gasteiger partial charge on any atom is -0.363 e. The summed E-state index contributed by atoms with van der Waals surface area (Å²) in [6.45, 7) is 1.88. The van der Waals surface area contributed by atoms with Gasteiger partial charge < -0.3 is 5.32 Å². The van der Waals surface area contributed by atoms with Gasteiger partial charge in [-0.25, -0.2) is 13.4 Å². The monoisotopic (exact) mass is 285 g/mol. The molecule has 0 saturated carbocycles. The number of aryl methyl sites for hydroxylation is 1. The minimum absolute atomic E-state index is 0.123. The number of aromatic nitrogens is 1. The molecule has 1 aliphatic heterocycles. The molecule has 0 amide bonds. The van der Waals surface area contributed by atoms with Crippen molar-refractivity contribution >= 4 is 21.3 Å². The Morgan fingerprint density at radius 2 is 2.32 bits per heavy atom. The van der Waals surface area contributed by atoms with Gasteiger partial charge in [-0.05, 0) is 25.3 Å². The van der Waals surface area contributed by atoms with E-state index in [-0.39, 0.29) is 23.8 Å². The summed E-state index contributed by atoms with van der Waals surface area (Å²) in [7, 11) is -3.06. The molecule has 2 rings (SSSR count). The van der Waals surface area contributed by atoms with Gasteiger partial charge in [0.1, 0.15) is 0 Å². The number of sulfone groups is 1. The molecule has 1 unspecified atom stereocenters. The Bertz CT molecular complexity index is 600. The fourth-order valence-corrected chi connectivity index (χ4v) is 3.89. The van der Waals surface area contributed by atoms with Crippen LogP contribution in [0.15, 0.2) is 12.3 Å². The van der Waals surface area contributed by atoms with Crippen molar-refractivity contribution in [3.05, 3.63) is 27.9 Å². The van der Waals surface area contributed by atoms with Gasteiger partial charge >= 0.3 is 5.69 Å². The van der Waals surface area contributed by atoms with E-state index >= 15 is 0 Å². The number of hydrogen-bond acceptors (Lipinski definition) is 6. The molecule has 0 radical (unpaired) electrons. The molecule has 0 aromatic carbocycles. The maximum atomic E-state index is 11.7. The summed E-state index contributed by atoms with van der Waals surface area (Å²) in [4.78, 5) is 14.3. The molecule has 7 nitrogen and oxygen atoms in total. The molecule has 0 spiro atoms. The van der Waals surface area contributed by atoms with Crippen molar-refractivity contribution in [2.75, 3.05) is 17.6 Å². The SMILES string of the molecule is Cc1cnc(NCC2CCCS2(=O)=O)c([N+](=O)[O-])c1. The molecule has 1 N–H and O–H groups in total. The third kappa shape index (κ3) is 3.01. The maximum Gasteiger partial charge on any atom is 0.311 e. The number of nitrogens with zero attached hydrogens (tertiary/aromatic N) is 2. The number of anilines is 1. The van der Waals surface area contributed by atoms with Gasteiger partial charge in [-0.2, -0.15) is 0 Å². The van der Waals surface area contributed by atoms with Crippen molar-refractivity contribution in [1.82, 2.24) is 4.98 Å². The van der Waals surface area contributed by atoms with Crippen LogP contribution in [0.4, 0.5) is 11.5 Å². The minimum atomic E-state index is -3.06. The highest BCUT2D eigenvalue weighted by atomic mass is 32.2. The van der Waals surface area contributed by atoms with E-state index in [1.54, 1.807) is 6.92 Å². The second-order valence-electron chi connectivity index (χ2n) is 4.65. The van der Waals surface area contributed by atoms with Gasteiger partial charge in [-0.3, -0.25) is 10.1 Å². The van der Waals surface area contributed by atoms with E-state index in [0.717, 1.165) is 0 Å². The second-order valence-corrected chi connectivity index (χ2v) is 7.05. The summed E-state index contributed by atoms with van der Waals surface area (Å²) in [5, 5.41) is 13.2. The van der Waals surface area contributed by atoms with Crippen LogP contribution in [0.5, 0.6) is 0 Å². The lowest BCUT2D eigenvalue weighted by Gasteiger charge is -2.11. The zero-order chi connectivity index (χ0) is 14.0. The van der Waals surface area contributed by atoms with Crippen molar-refractivity contribution in [1.29, 1.82) is 0 Å². The fraction of sp³-hybridized carbons (Fsp3) is 0.545. The summed E-state index contributed by atoms with van der Waals surface area (Å²) in [6.07, 6.45) is 2.76. The second kappa shape index (κ2) is 5.12. The van der Waals surface area contributed by atoms with Crippen molar-refractivity contribution in [3.63, 3.8) is 0 Å². The number of rotatable bonds is 4. The zero-order valence-corrected chi connectivity index (χ0v) is 11.3. The molecule has 0 aliphatic carbocycles. The third-order valence-corrected chi connectivity index (χ3v) is 5.44. The van der Waals surface area contributed by atoms with Crippen LogP contribution < -0.4 is 5.32 Å². The van der Waals surface area contributed by atoms with Crippen LogP contribution in [0.3, 0.4) is 0 Å². The quantitative estimate of drug-likeness (QED) is 0.660. The molecule has 1 aromatic heterocycles. The van der Waals surface area contributed by atoms with E-state index in [1.165, 1.54) is 12.3 Å². The van der Waals surface area contributed by atoms with Crippen LogP contribution in [0.2, 0.25) is 0 Å². The molecule has 8 heteroatoms. The Labute approximate surface area is 111 Å². The predicted octanol–water partition coefficient (Wildman–Crippen LogP) is 1.29. The highest BCUT2D eigenvalue weighted by Crippen LogP contribution is 2.25. The molecule has 0 bridgehead atoms. The molecule has 1 atom stereocenters. The molecule has 1 aliphatic rings. The highest BCUT2D eigenvalue weighted by Gasteiger charge is 2.31. The van der Waals surface area contributed by atoms with Crippen LogP contribution in [0, 0.1) is 17.0 Å². The first kappa shape index (κ1) is 13.7. The Balaban J connectivity index is 2.14. The van der Waals surface area contributed by atoms with Gasteiger partial charge in [-0.1, -0.05) is 0 Å². The van der Waals surface area contributed by atoms with E-state index in [1.807, 2.05) is 0 Å². The van der Waals surface area contributed by atoms with Gasteiger partial charge in [0.25, 0.3) is 0 Å². The van der Waals surface area contributed by atoms with Crippen molar-refractivity contribution in [2.24, 2.45) is 0 Å². The molecular formula is C11H15N3O4S. The topological polar surface area (TPSA) is 102 Å². The first-order valence-electron chi connectivity index (χ1n) is 5.96. The van der Waals surface area contributed by atoms with Gasteiger partial charge in [0.05, 0.1) is 15.9 Å². The number of hydrogen-bond donors (Lipinski definition) is 1. The summed E-state index contributed by atoms with van der Waals surface area (Å²) in [6, 6.07) is 1.42. The van der Waals surface area contributed by atoms with Gasteiger partial charge in [0.15, 0.2) is 9.84 Å². The van der Waals surface area contributed by atoms with Gasteiger partial charge in [0, 0.05) is 18.8 Å². The molecule has 19 heavy (non-hydrogen) atoms. The molecule has 104 valence electrons. The van der Waals surface area contributed by atoms with Crippen LogP contribution in [0.1, 0.15) is 18.4 Å². The van der Waals surface area contributed by atoms with E-state index in [2.05, 4.69) is 10.3 Å². The molecular weight excluding hydrogens is 270 g/mol. The lowest BCUT2D eigenvalue weighted by Crippen LogP contribution is -2.25. The van der Waals surface area contributed by atoms with Crippen LogP contribution in [0.25, 0.3) is 0 Å². The average molecular weight is 285 g/mol. The van der Waals surface area contributed by atoms with E-state index in [0.29, 0.717) is 18.4 Å². The molecule has 1 aromatic rings. The summed E-state index contributed by atoms with van der Waals surface area (Å²) in [5.41, 5.74) is 0.557. The van der Waals surface area contributed by atoms with Crippen molar-refractivity contribution in [3.8, 4) is 0 Å². The lowest BCUT2D eigenvalue weighted by molar-refractivity contribution is -0.384. The van der Waals surface area contributed by atoms with E-state index in [4.69, 9.17) is 0 Å². The Hall–Kier alpha value is -1.70. The predicted molar refractivity (Wildman–Crippen MR) is 70.9 cm³/mol. The average Bonchev–Trinajstić information content (AvgIpc) is 2.66. The van der Waals surface area contributed by atoms with Gasteiger partial charge in [-0.15, -0.1) is 0 Å². The lowest BCUT2D eigenvalue weighted by atomic mass is 10.2. The summed E-state index contributed by atoms with van der Waals surface area (Å²) in [5.74, 6) is 0.320. The van der Waals surface area contributed by atoms with Crippen molar-refractivity contribution < 1.29 is 13.3 Å². The Kier molecular flexibility index (Phi) is 3.70. The standard InChI is InChI=1S/C11H15N3O4S/c1-8-5-10(14(15)16)11(12-6-8)13-7-9-3-2-4-19(9,17)18/h5-6,9H,2-4,7H2,1H3,(H,12,13). The normalized spacial score (nSPS) is 21.2. The number of nitrogens with one attached hydrogen (secondary N) is 1. The first-order chi connectivity index (χ1) is 8.90. The van der Waals surface area contributed by atoms with E-state index < -0.39 is 20.0 Å². The third-order valence-electron chi connectivity index (χ3n) is 3.16. The Morgan fingerprint density at radius 1 is 1.58 bits per heavy atom. The Morgan fingerprint density at radius 3 is 2.89 bits per heavy atom. The smallest absolute Gasteiger partial charge is 0.311 e. The molecule has 1 fully saturated rings. The van der Waals surface area contributed by atoms with Crippen LogP contribution in [-0.4, -0.2) is 35.9 Å². The van der Waals surface area contributed by atoms with Crippen LogP contribution in [-0.2, 0) is 9.84 Å². The molecule has 1 saturated heterocycles. The van der Waals surface area contributed by atoms with Crippen molar-refractivity contribution in [2.45, 2.75) is 25.0 Å². The number of pyridine rings is 1. The summed E-state index contributed by atoms with van der Waals surface area (Å²) < 4.78 is 23.3. The van der Waals surface area contributed by atoms with Gasteiger partial charge in [0.2, 0.25) is 5.82 Å². The highest BCUT2D eigenvalue weighted by molar-refractivity contribution is 7.92. The maximum absolute atomic E-state index is 11.7. The van der Waals surface area contributed by atoms with E-state index in [9.17, 15) is 18.5 Å². The van der Waals surface area contributed by atoms with Crippen LogP contribution >= 0.6 is 0 Å². The number of nitro groups is 1. The fourth-order valence-electron chi connectivity index (χ4n) is 2.13. The first-order valence-corrected chi connectivity index (χ1v) is 7.68. The largest absolute Gasteiger partial charge is 0.363 e. The zero-order valence-electron chi connectivity index (χ0n) is 10.5.